The maximum Gasteiger partial charge on any atom is 0.262 e. The summed E-state index contributed by atoms with van der Waals surface area (Å²) in [4.78, 5) is 30.1. The van der Waals surface area contributed by atoms with Gasteiger partial charge in [-0.3, -0.25) is 14.2 Å². The number of para-hydroxylation sites is 1. The lowest BCUT2D eigenvalue weighted by Gasteiger charge is -2.16. The van der Waals surface area contributed by atoms with Crippen LogP contribution in [0.3, 0.4) is 0 Å². The summed E-state index contributed by atoms with van der Waals surface area (Å²) >= 11 is 13.3. The molecule has 0 aliphatic rings. The normalized spacial score (nSPS) is 12.1. The van der Waals surface area contributed by atoms with E-state index in [1.54, 1.807) is 41.8 Å². The molecule has 0 saturated carbocycles. The first-order chi connectivity index (χ1) is 13.4. The van der Waals surface area contributed by atoms with Crippen molar-refractivity contribution < 1.29 is 4.79 Å². The molecule has 1 atom stereocenters. The van der Waals surface area contributed by atoms with Crippen molar-refractivity contribution in [2.45, 2.75) is 37.2 Å². The maximum atomic E-state index is 12.8. The molecule has 3 aromatic rings. The summed E-state index contributed by atoms with van der Waals surface area (Å²) in [5.41, 5.74) is 0.970. The van der Waals surface area contributed by atoms with Crippen LogP contribution in [0.1, 0.15) is 20.3 Å². The van der Waals surface area contributed by atoms with E-state index >= 15 is 0 Å². The number of hydrogen-bond donors (Lipinski definition) is 1. The minimum absolute atomic E-state index is 0.0968. The summed E-state index contributed by atoms with van der Waals surface area (Å²) in [5, 5.41) is 4.26. The van der Waals surface area contributed by atoms with Crippen LogP contribution in [-0.4, -0.2) is 20.7 Å². The molecule has 1 N–H and O–H groups in total. The van der Waals surface area contributed by atoms with Crippen molar-refractivity contribution in [3.8, 4) is 0 Å². The lowest BCUT2D eigenvalue weighted by molar-refractivity contribution is -0.115. The fourth-order valence-corrected chi connectivity index (χ4v) is 3.97. The highest BCUT2D eigenvalue weighted by atomic mass is 35.5. The fraction of sp³-hybridized carbons (Fsp3) is 0.250. The number of rotatable bonds is 6. The van der Waals surface area contributed by atoms with Gasteiger partial charge in [0.05, 0.1) is 26.9 Å². The van der Waals surface area contributed by atoms with Crippen molar-refractivity contribution in [2.24, 2.45) is 0 Å². The molecule has 1 heterocycles. The van der Waals surface area contributed by atoms with Crippen LogP contribution in [0.15, 0.2) is 52.4 Å². The molecule has 28 heavy (non-hydrogen) atoms. The molecular weight excluding hydrogens is 417 g/mol. The van der Waals surface area contributed by atoms with Crippen LogP contribution in [0.25, 0.3) is 10.9 Å². The van der Waals surface area contributed by atoms with E-state index in [-0.39, 0.29) is 11.5 Å². The molecule has 1 aromatic heterocycles. The number of amides is 1. The van der Waals surface area contributed by atoms with E-state index in [1.165, 1.54) is 11.8 Å². The van der Waals surface area contributed by atoms with Gasteiger partial charge in [-0.2, -0.15) is 0 Å². The Labute approximate surface area is 177 Å². The molecule has 0 fully saturated rings. The van der Waals surface area contributed by atoms with Gasteiger partial charge in [-0.25, -0.2) is 4.98 Å². The van der Waals surface area contributed by atoms with Gasteiger partial charge in [0.15, 0.2) is 5.16 Å². The molecule has 2 aromatic carbocycles. The number of hydrogen-bond acceptors (Lipinski definition) is 4. The van der Waals surface area contributed by atoms with Gasteiger partial charge in [-0.1, -0.05) is 54.0 Å². The Morgan fingerprint density at radius 3 is 2.75 bits per heavy atom. The molecule has 0 bridgehead atoms. The number of nitrogens with zero attached hydrogens (tertiary/aromatic N) is 2. The molecule has 3 rings (SSSR count). The van der Waals surface area contributed by atoms with Gasteiger partial charge in [0.2, 0.25) is 5.91 Å². The third-order valence-electron chi connectivity index (χ3n) is 4.11. The molecule has 146 valence electrons. The molecule has 5 nitrogen and oxygen atoms in total. The van der Waals surface area contributed by atoms with Crippen molar-refractivity contribution in [2.75, 3.05) is 5.32 Å². The molecular formula is C20H19Cl2N3O2S. The van der Waals surface area contributed by atoms with Crippen LogP contribution >= 0.6 is 35.0 Å². The van der Waals surface area contributed by atoms with Crippen LogP contribution in [0.2, 0.25) is 10.0 Å². The van der Waals surface area contributed by atoms with Crippen LogP contribution < -0.4 is 10.9 Å². The summed E-state index contributed by atoms with van der Waals surface area (Å²) in [6, 6.07) is 12.1. The summed E-state index contributed by atoms with van der Waals surface area (Å²) in [6.07, 6.45) is 0.784. The molecule has 1 amide bonds. The van der Waals surface area contributed by atoms with E-state index in [4.69, 9.17) is 23.2 Å². The van der Waals surface area contributed by atoms with E-state index in [2.05, 4.69) is 10.3 Å². The number of benzene rings is 2. The average molecular weight is 436 g/mol. The predicted molar refractivity (Wildman–Crippen MR) is 117 cm³/mol. The van der Waals surface area contributed by atoms with Gasteiger partial charge in [-0.15, -0.1) is 0 Å². The largest absolute Gasteiger partial charge is 0.324 e. The van der Waals surface area contributed by atoms with Gasteiger partial charge in [0, 0.05) is 11.6 Å². The zero-order valence-electron chi connectivity index (χ0n) is 15.4. The summed E-state index contributed by atoms with van der Waals surface area (Å²) in [5.74, 6) is -0.250. The summed E-state index contributed by atoms with van der Waals surface area (Å²) < 4.78 is 1.63. The number of carbonyl (C=O) groups excluding carboxylic acids is 1. The zero-order valence-corrected chi connectivity index (χ0v) is 17.7. The number of nitrogens with one attached hydrogen (secondary N) is 1. The number of thioether (sulfide) groups is 1. The molecule has 0 saturated heterocycles. The lowest BCUT2D eigenvalue weighted by atomic mass is 10.2. The highest BCUT2D eigenvalue weighted by molar-refractivity contribution is 8.00. The SMILES string of the molecule is CCCn1c(SC(C)C(=O)Nc2cc(Cl)ccc2Cl)nc2ccccc2c1=O. The molecule has 1 unspecified atom stereocenters. The highest BCUT2D eigenvalue weighted by Crippen LogP contribution is 2.28. The second-order valence-corrected chi connectivity index (χ2v) is 8.39. The smallest absolute Gasteiger partial charge is 0.262 e. The van der Waals surface area contributed by atoms with Crippen molar-refractivity contribution in [1.82, 2.24) is 9.55 Å². The second-order valence-electron chi connectivity index (χ2n) is 6.24. The Balaban J connectivity index is 1.88. The predicted octanol–water partition coefficient (Wildman–Crippen LogP) is 5.23. The van der Waals surface area contributed by atoms with Gasteiger partial charge in [-0.05, 0) is 43.7 Å². The minimum atomic E-state index is -0.494. The Hall–Kier alpha value is -2.02. The van der Waals surface area contributed by atoms with Crippen molar-refractivity contribution in [1.29, 1.82) is 0 Å². The average Bonchev–Trinajstić information content (AvgIpc) is 2.67. The number of halogens is 2. The Kier molecular flexibility index (Phi) is 6.65. The Bertz CT molecular complexity index is 1080. The number of carbonyl (C=O) groups is 1. The van der Waals surface area contributed by atoms with Crippen molar-refractivity contribution >= 4 is 57.5 Å². The first kappa shape index (κ1) is 20.7. The van der Waals surface area contributed by atoms with Crippen molar-refractivity contribution in [3.05, 3.63) is 62.9 Å². The zero-order chi connectivity index (χ0) is 20.3. The Morgan fingerprint density at radius 2 is 2.00 bits per heavy atom. The summed E-state index contributed by atoms with van der Waals surface area (Å²) in [6.45, 7) is 4.29. The molecule has 0 radical (unpaired) electrons. The first-order valence-electron chi connectivity index (χ1n) is 8.83. The number of fused-ring (bicyclic) bond motifs is 1. The monoisotopic (exact) mass is 435 g/mol. The third kappa shape index (κ3) is 4.51. The van der Waals surface area contributed by atoms with Gasteiger partial charge in [0.25, 0.3) is 5.56 Å². The van der Waals surface area contributed by atoms with E-state index in [9.17, 15) is 9.59 Å². The van der Waals surface area contributed by atoms with Crippen LogP contribution in [-0.2, 0) is 11.3 Å². The van der Waals surface area contributed by atoms with Crippen molar-refractivity contribution in [3.63, 3.8) is 0 Å². The first-order valence-corrected chi connectivity index (χ1v) is 10.5. The van der Waals surface area contributed by atoms with E-state index in [0.717, 1.165) is 6.42 Å². The number of aromatic nitrogens is 2. The molecule has 0 aliphatic heterocycles. The maximum absolute atomic E-state index is 12.8. The molecule has 8 heteroatoms. The van der Waals surface area contributed by atoms with Crippen LogP contribution in [0.5, 0.6) is 0 Å². The quantitative estimate of drug-likeness (QED) is 0.425. The van der Waals surface area contributed by atoms with Crippen LogP contribution in [0.4, 0.5) is 5.69 Å². The Morgan fingerprint density at radius 1 is 1.25 bits per heavy atom. The molecule has 0 spiro atoms. The molecule has 0 aliphatic carbocycles. The minimum Gasteiger partial charge on any atom is -0.324 e. The standard InChI is InChI=1S/C20H19Cl2N3O2S/c1-3-10-25-19(27)14-6-4-5-7-16(14)24-20(25)28-12(2)18(26)23-17-11-13(21)8-9-15(17)22/h4-9,11-12H,3,10H2,1-2H3,(H,23,26). The van der Waals surface area contributed by atoms with Gasteiger partial charge < -0.3 is 5.32 Å². The van der Waals surface area contributed by atoms with E-state index < -0.39 is 5.25 Å². The number of anilines is 1. The summed E-state index contributed by atoms with van der Waals surface area (Å²) in [7, 11) is 0. The van der Waals surface area contributed by atoms with E-state index in [1.807, 2.05) is 19.1 Å². The lowest BCUT2D eigenvalue weighted by Crippen LogP contribution is -2.27. The highest BCUT2D eigenvalue weighted by Gasteiger charge is 2.20. The van der Waals surface area contributed by atoms with Crippen LogP contribution in [0, 0.1) is 0 Å². The van der Waals surface area contributed by atoms with Gasteiger partial charge in [0.1, 0.15) is 0 Å². The van der Waals surface area contributed by atoms with E-state index in [0.29, 0.717) is 38.3 Å². The topological polar surface area (TPSA) is 64.0 Å². The third-order valence-corrected chi connectivity index (χ3v) is 5.77. The van der Waals surface area contributed by atoms with Gasteiger partial charge >= 0.3 is 0 Å². The fourth-order valence-electron chi connectivity index (χ4n) is 2.70. The second kappa shape index (κ2) is 8.99.